The minimum Gasteiger partial charge on any atom is -0.494 e. The highest BCUT2D eigenvalue weighted by Gasteiger charge is 2.37. The van der Waals surface area contributed by atoms with E-state index in [9.17, 15) is 31.6 Å². The van der Waals surface area contributed by atoms with Crippen LogP contribution in [0.5, 0.6) is 5.75 Å². The molecule has 4 N–H and O–H groups in total. The van der Waals surface area contributed by atoms with E-state index in [2.05, 4.69) is 10.6 Å². The Bertz CT molecular complexity index is 1660. The molecule has 222 valence electrons. The first kappa shape index (κ1) is 30.4. The summed E-state index contributed by atoms with van der Waals surface area (Å²) in [4.78, 5) is 39.2. The molecule has 3 amide bonds. The van der Waals surface area contributed by atoms with Gasteiger partial charge in [0.1, 0.15) is 11.9 Å². The third-order valence-corrected chi connectivity index (χ3v) is 8.10. The Labute approximate surface area is 241 Å². The maximum atomic E-state index is 14.9. The SMILES string of the molecule is COc1cc([C@H](Nc2cc(C(N)=O)ccc2F)C(=O)N2CCC[C@@H]2c2cc(NC(C)=O)ccc2S(C)(=O)=O)ccc1F. The van der Waals surface area contributed by atoms with Gasteiger partial charge in [0.15, 0.2) is 21.4 Å². The Morgan fingerprint density at radius 2 is 1.76 bits per heavy atom. The number of nitrogens with zero attached hydrogens (tertiary/aromatic N) is 1. The van der Waals surface area contributed by atoms with Crippen molar-refractivity contribution in [2.24, 2.45) is 5.73 Å². The summed E-state index contributed by atoms with van der Waals surface area (Å²) in [5, 5.41) is 5.47. The number of hydrogen-bond donors (Lipinski definition) is 3. The van der Waals surface area contributed by atoms with Gasteiger partial charge in [0, 0.05) is 31.0 Å². The highest BCUT2D eigenvalue weighted by molar-refractivity contribution is 7.90. The summed E-state index contributed by atoms with van der Waals surface area (Å²) in [6.07, 6.45) is 1.98. The number of benzene rings is 3. The fourth-order valence-electron chi connectivity index (χ4n) is 5.04. The molecule has 1 fully saturated rings. The smallest absolute Gasteiger partial charge is 0.250 e. The Morgan fingerprint density at radius 1 is 1.05 bits per heavy atom. The van der Waals surface area contributed by atoms with Crippen LogP contribution in [0.1, 0.15) is 53.3 Å². The van der Waals surface area contributed by atoms with Crippen LogP contribution >= 0.6 is 0 Å². The summed E-state index contributed by atoms with van der Waals surface area (Å²) >= 11 is 0. The summed E-state index contributed by atoms with van der Waals surface area (Å²) in [5.74, 6) is -3.34. The number of carbonyl (C=O) groups is 3. The van der Waals surface area contributed by atoms with Gasteiger partial charge >= 0.3 is 0 Å². The van der Waals surface area contributed by atoms with Crippen LogP contribution in [-0.4, -0.2) is 50.9 Å². The van der Waals surface area contributed by atoms with Gasteiger partial charge in [0.2, 0.25) is 17.7 Å². The quantitative estimate of drug-likeness (QED) is 0.337. The van der Waals surface area contributed by atoms with Crippen LogP contribution in [0.4, 0.5) is 20.2 Å². The average Bonchev–Trinajstić information content (AvgIpc) is 3.41. The van der Waals surface area contributed by atoms with Crippen LogP contribution in [0.25, 0.3) is 0 Å². The summed E-state index contributed by atoms with van der Waals surface area (Å²) in [6, 6.07) is 9.47. The molecular formula is C29H30F2N4O6S. The third-order valence-electron chi connectivity index (χ3n) is 6.93. The van der Waals surface area contributed by atoms with E-state index in [0.717, 1.165) is 18.4 Å². The molecule has 0 unspecified atom stereocenters. The Hall–Kier alpha value is -4.52. The number of halogens is 2. The lowest BCUT2D eigenvalue weighted by molar-refractivity contribution is -0.133. The summed E-state index contributed by atoms with van der Waals surface area (Å²) < 4.78 is 59.7. The van der Waals surface area contributed by atoms with Crippen LogP contribution < -0.4 is 21.1 Å². The number of amides is 3. The first-order valence-corrected chi connectivity index (χ1v) is 14.8. The van der Waals surface area contributed by atoms with Crippen LogP contribution in [0.15, 0.2) is 59.5 Å². The van der Waals surface area contributed by atoms with Crippen molar-refractivity contribution in [2.75, 3.05) is 30.5 Å². The number of primary amides is 1. The predicted octanol–water partition coefficient (Wildman–Crippen LogP) is 3.95. The minimum absolute atomic E-state index is 0.00512. The number of rotatable bonds is 9. The number of nitrogens with one attached hydrogen (secondary N) is 2. The maximum absolute atomic E-state index is 14.9. The van der Waals surface area contributed by atoms with Crippen molar-refractivity contribution >= 4 is 38.9 Å². The Balaban J connectivity index is 1.82. The van der Waals surface area contributed by atoms with Gasteiger partial charge in [-0.05, 0) is 72.5 Å². The molecule has 0 radical (unpaired) electrons. The Morgan fingerprint density at radius 3 is 2.40 bits per heavy atom. The molecule has 3 aromatic carbocycles. The van der Waals surface area contributed by atoms with Gasteiger partial charge in [0.25, 0.3) is 0 Å². The van der Waals surface area contributed by atoms with Crippen molar-refractivity contribution in [3.8, 4) is 5.75 Å². The molecular weight excluding hydrogens is 570 g/mol. The van der Waals surface area contributed by atoms with Crippen molar-refractivity contribution in [3.63, 3.8) is 0 Å². The minimum atomic E-state index is -3.74. The highest BCUT2D eigenvalue weighted by atomic mass is 32.2. The van der Waals surface area contributed by atoms with Crippen LogP contribution in [-0.2, 0) is 19.4 Å². The van der Waals surface area contributed by atoms with Crippen molar-refractivity contribution in [3.05, 3.63) is 82.9 Å². The van der Waals surface area contributed by atoms with Gasteiger partial charge in [0.05, 0.1) is 23.7 Å². The number of hydrogen-bond acceptors (Lipinski definition) is 7. The van der Waals surface area contributed by atoms with Gasteiger partial charge in [-0.1, -0.05) is 6.07 Å². The third kappa shape index (κ3) is 6.51. The summed E-state index contributed by atoms with van der Waals surface area (Å²) in [6.45, 7) is 1.55. The molecule has 1 aliphatic heterocycles. The van der Waals surface area contributed by atoms with Gasteiger partial charge in [-0.15, -0.1) is 0 Å². The zero-order valence-corrected chi connectivity index (χ0v) is 23.9. The molecule has 2 atom stereocenters. The number of carbonyl (C=O) groups excluding carboxylic acids is 3. The van der Waals surface area contributed by atoms with Crippen LogP contribution in [0.2, 0.25) is 0 Å². The van der Waals surface area contributed by atoms with E-state index in [1.807, 2.05) is 0 Å². The van der Waals surface area contributed by atoms with Crippen LogP contribution in [0, 0.1) is 11.6 Å². The monoisotopic (exact) mass is 600 g/mol. The molecule has 0 spiro atoms. The fraction of sp³-hybridized carbons (Fsp3) is 0.276. The van der Waals surface area contributed by atoms with Crippen molar-refractivity contribution in [1.29, 1.82) is 0 Å². The first-order valence-electron chi connectivity index (χ1n) is 12.9. The summed E-state index contributed by atoms with van der Waals surface area (Å²) in [5.41, 5.74) is 6.05. The topological polar surface area (TPSA) is 148 Å². The second kappa shape index (κ2) is 12.1. The number of likely N-dealkylation sites (tertiary alicyclic amines) is 1. The van der Waals surface area contributed by atoms with Crippen molar-refractivity contribution in [1.82, 2.24) is 4.90 Å². The molecule has 13 heteroatoms. The lowest BCUT2D eigenvalue weighted by Gasteiger charge is -2.31. The first-order chi connectivity index (χ1) is 19.8. The molecule has 0 aromatic heterocycles. The average molecular weight is 601 g/mol. The van der Waals surface area contributed by atoms with E-state index < -0.39 is 45.4 Å². The number of methoxy groups -OCH3 is 1. The number of anilines is 2. The van der Waals surface area contributed by atoms with E-state index >= 15 is 0 Å². The number of nitrogens with two attached hydrogens (primary N) is 1. The predicted molar refractivity (Wildman–Crippen MR) is 152 cm³/mol. The lowest BCUT2D eigenvalue weighted by Crippen LogP contribution is -2.38. The molecule has 1 aliphatic rings. The van der Waals surface area contributed by atoms with E-state index in [0.29, 0.717) is 24.1 Å². The molecule has 42 heavy (non-hydrogen) atoms. The maximum Gasteiger partial charge on any atom is 0.250 e. The number of ether oxygens (including phenoxy) is 1. The normalized spacial score (nSPS) is 15.6. The lowest BCUT2D eigenvalue weighted by atomic mass is 10.0. The van der Waals surface area contributed by atoms with Gasteiger partial charge < -0.3 is 26.0 Å². The second-order valence-electron chi connectivity index (χ2n) is 9.93. The molecule has 0 bridgehead atoms. The Kier molecular flexibility index (Phi) is 8.81. The number of sulfone groups is 1. The molecule has 0 aliphatic carbocycles. The molecule has 10 nitrogen and oxygen atoms in total. The van der Waals surface area contributed by atoms with Gasteiger partial charge in [-0.3, -0.25) is 14.4 Å². The van der Waals surface area contributed by atoms with Crippen molar-refractivity contribution < 1.29 is 36.3 Å². The molecule has 1 saturated heterocycles. The van der Waals surface area contributed by atoms with E-state index in [1.165, 1.54) is 61.4 Å². The highest BCUT2D eigenvalue weighted by Crippen LogP contribution is 2.39. The standard InChI is InChI=1S/C29H30F2N4O6S/c1-16(36)33-19-8-11-26(42(3,39)40)20(15-19)24-5-4-12-35(24)29(38)27(17-6-10-22(31)25(14-17)41-2)34-23-13-18(28(32)37)7-9-21(23)30/h6-11,13-15,24,27,34H,4-5,12H2,1-3H3,(H2,32,37)(H,33,36)/t24-,27+/m1/s1. The molecule has 0 saturated carbocycles. The molecule has 1 heterocycles. The zero-order valence-electron chi connectivity index (χ0n) is 23.1. The van der Waals surface area contributed by atoms with E-state index in [-0.39, 0.29) is 39.9 Å². The summed E-state index contributed by atoms with van der Waals surface area (Å²) in [7, 11) is -2.48. The largest absolute Gasteiger partial charge is 0.494 e. The fourth-order valence-corrected chi connectivity index (χ4v) is 5.97. The second-order valence-corrected chi connectivity index (χ2v) is 11.9. The molecule has 4 rings (SSSR count). The van der Waals surface area contributed by atoms with Crippen LogP contribution in [0.3, 0.4) is 0 Å². The zero-order chi connectivity index (χ0) is 30.8. The van der Waals surface area contributed by atoms with E-state index in [4.69, 9.17) is 10.5 Å². The van der Waals surface area contributed by atoms with Gasteiger partial charge in [-0.2, -0.15) is 0 Å². The molecule has 3 aromatic rings. The van der Waals surface area contributed by atoms with Crippen molar-refractivity contribution in [2.45, 2.75) is 36.7 Å². The van der Waals surface area contributed by atoms with E-state index in [1.54, 1.807) is 0 Å². The van der Waals surface area contributed by atoms with Gasteiger partial charge in [-0.25, -0.2) is 17.2 Å².